The highest BCUT2D eigenvalue weighted by molar-refractivity contribution is 5.23. The Morgan fingerprint density at radius 3 is 2.38 bits per heavy atom. The molecule has 0 bridgehead atoms. The number of nitrogens with two attached hydrogens (primary N) is 1. The third-order valence-electron chi connectivity index (χ3n) is 3.72. The Morgan fingerprint density at radius 1 is 1.25 bits per heavy atom. The minimum absolute atomic E-state index is 0.155. The molecule has 1 aromatic heterocycles. The van der Waals surface area contributed by atoms with Gasteiger partial charge >= 0.3 is 0 Å². The fraction of sp³-hybridized carbons (Fsp3) is 0.643. The highest BCUT2D eigenvalue weighted by Crippen LogP contribution is 2.40. The van der Waals surface area contributed by atoms with Crippen LogP contribution in [-0.2, 0) is 5.54 Å². The summed E-state index contributed by atoms with van der Waals surface area (Å²) in [6.07, 6.45) is 5.43. The van der Waals surface area contributed by atoms with Crippen LogP contribution in [0.25, 0.3) is 0 Å². The summed E-state index contributed by atoms with van der Waals surface area (Å²) < 4.78 is 0. The summed E-state index contributed by atoms with van der Waals surface area (Å²) in [5.41, 5.74) is 8.68. The molecule has 2 rings (SSSR count). The van der Waals surface area contributed by atoms with E-state index in [-0.39, 0.29) is 5.54 Å². The van der Waals surface area contributed by atoms with Gasteiger partial charge in [-0.05, 0) is 49.7 Å². The van der Waals surface area contributed by atoms with Crippen molar-refractivity contribution in [2.45, 2.75) is 45.6 Å². The smallest absolute Gasteiger partial charge is 0.0430 e. The van der Waals surface area contributed by atoms with Gasteiger partial charge in [0.2, 0.25) is 0 Å². The standard InChI is InChI=1S/C14H22N2/c1-10-6-11(2)8-14(15,7-10)13-5-4-12(3)16-9-13/h4-5,9-11H,6-8,15H2,1-3H3. The maximum Gasteiger partial charge on any atom is 0.0430 e. The van der Waals surface area contributed by atoms with Crippen LogP contribution in [0.15, 0.2) is 18.3 Å². The van der Waals surface area contributed by atoms with Crippen molar-refractivity contribution in [3.8, 4) is 0 Å². The predicted molar refractivity (Wildman–Crippen MR) is 67.0 cm³/mol. The Bertz CT molecular complexity index is 346. The number of aromatic nitrogens is 1. The Kier molecular flexibility index (Phi) is 3.02. The van der Waals surface area contributed by atoms with Gasteiger partial charge in [0, 0.05) is 17.4 Å². The minimum atomic E-state index is -0.155. The van der Waals surface area contributed by atoms with Crippen LogP contribution < -0.4 is 5.73 Å². The highest BCUT2D eigenvalue weighted by atomic mass is 14.8. The van der Waals surface area contributed by atoms with E-state index in [1.807, 2.05) is 13.1 Å². The third kappa shape index (κ3) is 2.27. The van der Waals surface area contributed by atoms with E-state index in [1.54, 1.807) is 0 Å². The average Bonchev–Trinajstić information content (AvgIpc) is 2.16. The van der Waals surface area contributed by atoms with Crippen molar-refractivity contribution < 1.29 is 0 Å². The van der Waals surface area contributed by atoms with Crippen LogP contribution in [-0.4, -0.2) is 4.98 Å². The van der Waals surface area contributed by atoms with Gasteiger partial charge in [-0.2, -0.15) is 0 Å². The SMILES string of the molecule is Cc1ccc(C2(N)CC(C)CC(C)C2)cn1. The van der Waals surface area contributed by atoms with E-state index in [9.17, 15) is 0 Å². The van der Waals surface area contributed by atoms with E-state index in [0.717, 1.165) is 30.4 Å². The Morgan fingerprint density at radius 2 is 1.88 bits per heavy atom. The summed E-state index contributed by atoms with van der Waals surface area (Å²) in [7, 11) is 0. The van der Waals surface area contributed by atoms with Crippen molar-refractivity contribution in [3.63, 3.8) is 0 Å². The van der Waals surface area contributed by atoms with Crippen LogP contribution in [0.5, 0.6) is 0 Å². The highest BCUT2D eigenvalue weighted by Gasteiger charge is 2.35. The third-order valence-corrected chi connectivity index (χ3v) is 3.72. The van der Waals surface area contributed by atoms with E-state index in [2.05, 4.69) is 31.0 Å². The summed E-state index contributed by atoms with van der Waals surface area (Å²) in [6, 6.07) is 4.21. The number of aryl methyl sites for hydroxylation is 1. The maximum atomic E-state index is 6.57. The first-order valence-electron chi connectivity index (χ1n) is 6.21. The van der Waals surface area contributed by atoms with Crippen LogP contribution in [0.4, 0.5) is 0 Å². The molecule has 2 heteroatoms. The lowest BCUT2D eigenvalue weighted by atomic mass is 9.69. The van der Waals surface area contributed by atoms with E-state index in [4.69, 9.17) is 5.73 Å². The first-order chi connectivity index (χ1) is 7.49. The lowest BCUT2D eigenvalue weighted by Gasteiger charge is -2.40. The first-order valence-corrected chi connectivity index (χ1v) is 6.21. The second kappa shape index (κ2) is 4.17. The molecule has 0 aliphatic heterocycles. The van der Waals surface area contributed by atoms with Crippen LogP contribution in [0.1, 0.15) is 44.4 Å². The molecule has 0 aromatic carbocycles. The van der Waals surface area contributed by atoms with Crippen LogP contribution >= 0.6 is 0 Å². The molecule has 1 heterocycles. The minimum Gasteiger partial charge on any atom is -0.321 e. The summed E-state index contributed by atoms with van der Waals surface area (Å²) >= 11 is 0. The summed E-state index contributed by atoms with van der Waals surface area (Å²) in [4.78, 5) is 4.37. The molecule has 0 spiro atoms. The van der Waals surface area contributed by atoms with E-state index < -0.39 is 0 Å². The zero-order chi connectivity index (χ0) is 11.8. The molecule has 2 atom stereocenters. The molecule has 1 aliphatic carbocycles. The van der Waals surface area contributed by atoms with Crippen LogP contribution in [0, 0.1) is 18.8 Å². The molecule has 1 saturated carbocycles. The van der Waals surface area contributed by atoms with Crippen molar-refractivity contribution in [1.82, 2.24) is 4.98 Å². The summed E-state index contributed by atoms with van der Waals surface area (Å²) in [5, 5.41) is 0. The lowest BCUT2D eigenvalue weighted by molar-refractivity contribution is 0.183. The molecule has 2 nitrogen and oxygen atoms in total. The fourth-order valence-electron chi connectivity index (χ4n) is 3.18. The second-order valence-electron chi connectivity index (χ2n) is 5.70. The number of nitrogens with zero attached hydrogens (tertiary/aromatic N) is 1. The number of rotatable bonds is 1. The Balaban J connectivity index is 2.26. The number of hydrogen-bond acceptors (Lipinski definition) is 2. The molecule has 0 saturated heterocycles. The fourth-order valence-corrected chi connectivity index (χ4v) is 3.18. The van der Waals surface area contributed by atoms with Crippen molar-refractivity contribution >= 4 is 0 Å². The van der Waals surface area contributed by atoms with Crippen molar-refractivity contribution in [2.75, 3.05) is 0 Å². The second-order valence-corrected chi connectivity index (χ2v) is 5.70. The van der Waals surface area contributed by atoms with Crippen molar-refractivity contribution in [1.29, 1.82) is 0 Å². The molecule has 1 fully saturated rings. The predicted octanol–water partition coefficient (Wildman–Crippen LogP) is 3.00. The molecule has 1 aromatic rings. The summed E-state index contributed by atoms with van der Waals surface area (Å²) in [6.45, 7) is 6.62. The van der Waals surface area contributed by atoms with E-state index in [1.165, 1.54) is 12.0 Å². The van der Waals surface area contributed by atoms with Gasteiger partial charge in [-0.1, -0.05) is 19.9 Å². The average molecular weight is 218 g/mol. The molecule has 88 valence electrons. The van der Waals surface area contributed by atoms with Gasteiger partial charge in [0.05, 0.1) is 0 Å². The number of hydrogen-bond donors (Lipinski definition) is 1. The number of pyridine rings is 1. The molecule has 16 heavy (non-hydrogen) atoms. The molecule has 2 N–H and O–H groups in total. The van der Waals surface area contributed by atoms with Gasteiger partial charge in [0.15, 0.2) is 0 Å². The van der Waals surface area contributed by atoms with Gasteiger partial charge < -0.3 is 5.73 Å². The van der Waals surface area contributed by atoms with Crippen LogP contribution in [0.2, 0.25) is 0 Å². The van der Waals surface area contributed by atoms with Gasteiger partial charge in [-0.15, -0.1) is 0 Å². The topological polar surface area (TPSA) is 38.9 Å². The first kappa shape index (κ1) is 11.6. The lowest BCUT2D eigenvalue weighted by Crippen LogP contribution is -2.43. The van der Waals surface area contributed by atoms with E-state index in [0.29, 0.717) is 0 Å². The molecular formula is C14H22N2. The maximum absolute atomic E-state index is 6.57. The monoisotopic (exact) mass is 218 g/mol. The van der Waals surface area contributed by atoms with Gasteiger partial charge in [0.25, 0.3) is 0 Å². The molecule has 2 unspecified atom stereocenters. The van der Waals surface area contributed by atoms with Crippen molar-refractivity contribution in [3.05, 3.63) is 29.6 Å². The van der Waals surface area contributed by atoms with Gasteiger partial charge in [-0.3, -0.25) is 4.98 Å². The van der Waals surface area contributed by atoms with Crippen LogP contribution in [0.3, 0.4) is 0 Å². The molecule has 1 aliphatic rings. The summed E-state index contributed by atoms with van der Waals surface area (Å²) in [5.74, 6) is 1.44. The molecule has 0 radical (unpaired) electrons. The van der Waals surface area contributed by atoms with Gasteiger partial charge in [0.1, 0.15) is 0 Å². The largest absolute Gasteiger partial charge is 0.321 e. The van der Waals surface area contributed by atoms with Gasteiger partial charge in [-0.25, -0.2) is 0 Å². The van der Waals surface area contributed by atoms with Crippen molar-refractivity contribution in [2.24, 2.45) is 17.6 Å². The Hall–Kier alpha value is -0.890. The molecular weight excluding hydrogens is 196 g/mol. The Labute approximate surface area is 98.3 Å². The zero-order valence-electron chi connectivity index (χ0n) is 10.5. The normalized spacial score (nSPS) is 35.0. The molecule has 0 amide bonds. The van der Waals surface area contributed by atoms with E-state index >= 15 is 0 Å². The zero-order valence-corrected chi connectivity index (χ0v) is 10.5. The quantitative estimate of drug-likeness (QED) is 0.787.